The van der Waals surface area contributed by atoms with Crippen LogP contribution in [0.4, 0.5) is 4.39 Å². The second-order valence-electron chi connectivity index (χ2n) is 8.12. The van der Waals surface area contributed by atoms with E-state index in [0.29, 0.717) is 34.0 Å². The zero-order valence-electron chi connectivity index (χ0n) is 19.0. The van der Waals surface area contributed by atoms with E-state index in [9.17, 15) is 14.0 Å². The summed E-state index contributed by atoms with van der Waals surface area (Å²) >= 11 is 6.23. The van der Waals surface area contributed by atoms with Crippen LogP contribution in [0.2, 0.25) is 5.02 Å². The highest BCUT2D eigenvalue weighted by molar-refractivity contribution is 6.30. The van der Waals surface area contributed by atoms with Gasteiger partial charge in [-0.25, -0.2) is 9.37 Å². The molecular formula is C27H25ClFN3O2. The third kappa shape index (κ3) is 4.59. The van der Waals surface area contributed by atoms with Crippen molar-refractivity contribution in [2.75, 3.05) is 6.54 Å². The molecule has 0 saturated carbocycles. The molecule has 0 fully saturated rings. The van der Waals surface area contributed by atoms with E-state index in [2.05, 4.69) is 0 Å². The minimum absolute atomic E-state index is 0.0112. The second kappa shape index (κ2) is 10.2. The Labute approximate surface area is 202 Å². The molecule has 174 valence electrons. The van der Waals surface area contributed by atoms with E-state index in [1.165, 1.54) is 16.7 Å². The minimum atomic E-state index is -0.616. The first kappa shape index (κ1) is 23.6. The van der Waals surface area contributed by atoms with E-state index in [1.807, 2.05) is 19.9 Å². The number of carbonyl (C=O) groups excluding carboxylic acids is 1. The Kier molecular flexibility index (Phi) is 7.08. The Morgan fingerprint density at radius 1 is 1.09 bits per heavy atom. The number of aromatic nitrogens is 2. The lowest BCUT2D eigenvalue weighted by Gasteiger charge is -2.31. The number of rotatable bonds is 7. The van der Waals surface area contributed by atoms with Gasteiger partial charge in [0.05, 0.1) is 28.2 Å². The predicted molar refractivity (Wildman–Crippen MR) is 133 cm³/mol. The predicted octanol–water partition coefficient (Wildman–Crippen LogP) is 6.18. The summed E-state index contributed by atoms with van der Waals surface area (Å²) in [5, 5.41) is 0.931. The highest BCUT2D eigenvalue weighted by Crippen LogP contribution is 2.26. The van der Waals surface area contributed by atoms with Gasteiger partial charge >= 0.3 is 0 Å². The van der Waals surface area contributed by atoms with Crippen LogP contribution in [-0.2, 0) is 0 Å². The Bertz CT molecular complexity index is 1400. The second-order valence-corrected chi connectivity index (χ2v) is 8.55. The molecule has 0 bridgehead atoms. The van der Waals surface area contributed by atoms with Crippen LogP contribution < -0.4 is 5.56 Å². The largest absolute Gasteiger partial charge is 0.329 e. The third-order valence-electron chi connectivity index (χ3n) is 5.83. The van der Waals surface area contributed by atoms with Gasteiger partial charge in [0.1, 0.15) is 11.6 Å². The summed E-state index contributed by atoms with van der Waals surface area (Å²) in [6, 6.07) is 19.3. The molecule has 3 aromatic carbocycles. The number of carbonyl (C=O) groups is 1. The van der Waals surface area contributed by atoms with E-state index >= 15 is 0 Å². The number of hydrogen-bond donors (Lipinski definition) is 0. The van der Waals surface area contributed by atoms with E-state index in [4.69, 9.17) is 16.6 Å². The van der Waals surface area contributed by atoms with Crippen molar-refractivity contribution in [1.82, 2.24) is 14.5 Å². The van der Waals surface area contributed by atoms with Crippen LogP contribution >= 0.6 is 11.6 Å². The molecular weight excluding hydrogens is 453 g/mol. The van der Waals surface area contributed by atoms with Crippen molar-refractivity contribution >= 4 is 28.4 Å². The van der Waals surface area contributed by atoms with Gasteiger partial charge in [-0.1, -0.05) is 55.3 Å². The van der Waals surface area contributed by atoms with Gasteiger partial charge in [-0.2, -0.15) is 0 Å². The Morgan fingerprint density at radius 2 is 1.82 bits per heavy atom. The van der Waals surface area contributed by atoms with E-state index in [-0.39, 0.29) is 11.1 Å². The molecule has 5 nitrogen and oxygen atoms in total. The number of hydrogen-bond acceptors (Lipinski definition) is 3. The number of amides is 1. The maximum Gasteiger partial charge on any atom is 0.266 e. The quantitative estimate of drug-likeness (QED) is 0.319. The lowest BCUT2D eigenvalue weighted by atomic mass is 10.1. The Balaban J connectivity index is 1.92. The van der Waals surface area contributed by atoms with Crippen LogP contribution in [0, 0.1) is 5.82 Å². The zero-order valence-corrected chi connectivity index (χ0v) is 19.8. The number of unbranched alkanes of at least 4 members (excludes halogenated alkanes) is 1. The van der Waals surface area contributed by atoms with Crippen LogP contribution in [0.1, 0.15) is 48.9 Å². The summed E-state index contributed by atoms with van der Waals surface area (Å²) in [5.41, 5.74) is 0.805. The summed E-state index contributed by atoms with van der Waals surface area (Å²) in [5.74, 6) is -0.647. The fourth-order valence-electron chi connectivity index (χ4n) is 4.02. The molecule has 0 saturated heterocycles. The fraction of sp³-hybridized carbons (Fsp3) is 0.222. The van der Waals surface area contributed by atoms with Crippen molar-refractivity contribution in [2.45, 2.75) is 32.7 Å². The lowest BCUT2D eigenvalue weighted by molar-refractivity contribution is 0.0673. The topological polar surface area (TPSA) is 55.2 Å². The van der Waals surface area contributed by atoms with Crippen molar-refractivity contribution in [3.63, 3.8) is 0 Å². The molecule has 34 heavy (non-hydrogen) atoms. The van der Waals surface area contributed by atoms with Gasteiger partial charge in [0.15, 0.2) is 0 Å². The zero-order chi connectivity index (χ0) is 24.2. The fourth-order valence-corrected chi connectivity index (χ4v) is 4.21. The van der Waals surface area contributed by atoms with E-state index in [1.54, 1.807) is 59.5 Å². The summed E-state index contributed by atoms with van der Waals surface area (Å²) in [6.45, 7) is 4.22. The van der Waals surface area contributed by atoms with E-state index in [0.717, 1.165) is 12.8 Å². The SMILES string of the molecule is CCCCN(C(=O)c1ccccc1F)C(C)c1nc2ccccc2c(=O)n1-c1cccc(Cl)c1. The van der Waals surface area contributed by atoms with Crippen molar-refractivity contribution < 1.29 is 9.18 Å². The summed E-state index contributed by atoms with van der Waals surface area (Å²) in [6.07, 6.45) is 1.57. The molecule has 0 aliphatic rings. The number of benzene rings is 3. The van der Waals surface area contributed by atoms with Gasteiger partial charge in [0.25, 0.3) is 11.5 Å². The van der Waals surface area contributed by atoms with Crippen LogP contribution in [-0.4, -0.2) is 26.9 Å². The van der Waals surface area contributed by atoms with Crippen LogP contribution in [0.3, 0.4) is 0 Å². The summed E-state index contributed by atoms with van der Waals surface area (Å²) in [4.78, 5) is 33.5. The van der Waals surface area contributed by atoms with Gasteiger partial charge in [-0.15, -0.1) is 0 Å². The average molecular weight is 478 g/mol. The van der Waals surface area contributed by atoms with Gasteiger partial charge in [-0.3, -0.25) is 14.2 Å². The van der Waals surface area contributed by atoms with Crippen molar-refractivity contribution in [1.29, 1.82) is 0 Å². The summed E-state index contributed by atoms with van der Waals surface area (Å²) < 4.78 is 16.0. The normalized spacial score (nSPS) is 12.0. The van der Waals surface area contributed by atoms with Gasteiger partial charge in [-0.05, 0) is 55.8 Å². The average Bonchev–Trinajstić information content (AvgIpc) is 2.84. The standard InChI is InChI=1S/C27H25ClFN3O2/c1-3-4-16-31(26(33)21-12-5-7-14-23(21)29)18(2)25-30-24-15-8-6-13-22(24)27(34)32(25)20-11-9-10-19(28)17-20/h5-15,17-18H,3-4,16H2,1-2H3. The Hall–Kier alpha value is -3.51. The molecule has 0 radical (unpaired) electrons. The van der Waals surface area contributed by atoms with Crippen LogP contribution in [0.5, 0.6) is 0 Å². The monoisotopic (exact) mass is 477 g/mol. The molecule has 0 aliphatic heterocycles. The van der Waals surface area contributed by atoms with Crippen LogP contribution in [0.15, 0.2) is 77.6 Å². The highest BCUT2D eigenvalue weighted by atomic mass is 35.5. The molecule has 1 unspecified atom stereocenters. The number of halogens is 2. The molecule has 1 aromatic heterocycles. The Morgan fingerprint density at radius 3 is 2.56 bits per heavy atom. The highest BCUT2D eigenvalue weighted by Gasteiger charge is 2.28. The van der Waals surface area contributed by atoms with Gasteiger partial charge in [0, 0.05) is 11.6 Å². The minimum Gasteiger partial charge on any atom is -0.329 e. The lowest BCUT2D eigenvalue weighted by Crippen LogP contribution is -2.38. The maximum absolute atomic E-state index is 14.5. The molecule has 0 spiro atoms. The number of nitrogens with zero attached hydrogens (tertiary/aromatic N) is 3. The molecule has 0 aliphatic carbocycles. The first-order chi connectivity index (χ1) is 16.4. The molecule has 1 amide bonds. The molecule has 1 atom stereocenters. The first-order valence-corrected chi connectivity index (χ1v) is 11.6. The van der Waals surface area contributed by atoms with E-state index < -0.39 is 17.8 Å². The van der Waals surface area contributed by atoms with Crippen LogP contribution in [0.25, 0.3) is 16.6 Å². The van der Waals surface area contributed by atoms with Crippen molar-refractivity contribution in [3.05, 3.63) is 105 Å². The third-order valence-corrected chi connectivity index (χ3v) is 6.06. The molecule has 7 heteroatoms. The molecule has 1 heterocycles. The first-order valence-electron chi connectivity index (χ1n) is 11.3. The summed E-state index contributed by atoms with van der Waals surface area (Å²) in [7, 11) is 0. The maximum atomic E-state index is 14.5. The number of fused-ring (bicyclic) bond motifs is 1. The van der Waals surface area contributed by atoms with Crippen molar-refractivity contribution in [3.8, 4) is 5.69 Å². The van der Waals surface area contributed by atoms with Gasteiger partial charge in [0.2, 0.25) is 0 Å². The smallest absolute Gasteiger partial charge is 0.266 e. The number of para-hydroxylation sites is 1. The molecule has 4 aromatic rings. The van der Waals surface area contributed by atoms with Gasteiger partial charge < -0.3 is 4.90 Å². The van der Waals surface area contributed by atoms with Crippen molar-refractivity contribution in [2.24, 2.45) is 0 Å². The molecule has 4 rings (SSSR count). The molecule has 0 N–H and O–H groups in total.